The van der Waals surface area contributed by atoms with Gasteiger partial charge in [-0.1, -0.05) is 6.07 Å². The molecule has 5 nitrogen and oxygen atoms in total. The van der Waals surface area contributed by atoms with E-state index >= 15 is 0 Å². The first-order valence-electron chi connectivity index (χ1n) is 7.18. The van der Waals surface area contributed by atoms with Crippen molar-refractivity contribution in [2.24, 2.45) is 0 Å². The van der Waals surface area contributed by atoms with Crippen LogP contribution in [0.5, 0.6) is 5.75 Å². The Kier molecular flexibility index (Phi) is 4.50. The molecule has 1 heterocycles. The fourth-order valence-corrected chi connectivity index (χ4v) is 2.55. The second kappa shape index (κ2) is 6.16. The molecule has 1 N–H and O–H groups in total. The molecule has 0 saturated heterocycles. The molecule has 0 saturated carbocycles. The molecule has 114 valence electrons. The third kappa shape index (κ3) is 3.17. The number of carboxylic acid groups (broad SMARTS) is 1. The number of hydrogen-bond donors (Lipinski definition) is 1. The van der Waals surface area contributed by atoms with E-state index in [0.717, 1.165) is 22.4 Å². The van der Waals surface area contributed by atoms with Crippen LogP contribution < -0.4 is 4.74 Å². The summed E-state index contributed by atoms with van der Waals surface area (Å²) in [6.45, 7) is 6.96. The van der Waals surface area contributed by atoms with Crippen molar-refractivity contribution in [3.05, 3.63) is 28.8 Å². The number of aliphatic carboxylic acids is 1. The maximum absolute atomic E-state index is 12.6. The standard InChI is InChI=1S/C16H21NO4/c1-4-17(6-5-15(18)19)16(20)13-9-21-14-8-11(3)10(2)7-12(13)14/h7-8,13H,4-6,9H2,1-3H3,(H,18,19). The number of rotatable bonds is 5. The summed E-state index contributed by atoms with van der Waals surface area (Å²) in [5, 5.41) is 8.77. The monoisotopic (exact) mass is 291 g/mol. The highest BCUT2D eigenvalue weighted by molar-refractivity contribution is 5.86. The molecule has 1 amide bonds. The van der Waals surface area contributed by atoms with Gasteiger partial charge in [-0.05, 0) is 38.0 Å². The number of amides is 1. The van der Waals surface area contributed by atoms with Crippen LogP contribution in [0.15, 0.2) is 12.1 Å². The summed E-state index contributed by atoms with van der Waals surface area (Å²) in [5.74, 6) is -0.504. The quantitative estimate of drug-likeness (QED) is 0.902. The summed E-state index contributed by atoms with van der Waals surface area (Å²) in [7, 11) is 0. The number of hydrogen-bond acceptors (Lipinski definition) is 3. The van der Waals surface area contributed by atoms with E-state index in [1.165, 1.54) is 0 Å². The molecule has 0 aliphatic carbocycles. The van der Waals surface area contributed by atoms with Gasteiger partial charge in [0.1, 0.15) is 18.3 Å². The average Bonchev–Trinajstić information content (AvgIpc) is 2.82. The average molecular weight is 291 g/mol. The second-order valence-corrected chi connectivity index (χ2v) is 5.40. The number of nitrogens with zero attached hydrogens (tertiary/aromatic N) is 1. The topological polar surface area (TPSA) is 66.8 Å². The van der Waals surface area contributed by atoms with Crippen molar-refractivity contribution in [1.82, 2.24) is 4.90 Å². The first-order valence-corrected chi connectivity index (χ1v) is 7.18. The van der Waals surface area contributed by atoms with Gasteiger partial charge in [0, 0.05) is 18.7 Å². The molecule has 0 radical (unpaired) electrons. The van der Waals surface area contributed by atoms with Crippen molar-refractivity contribution < 1.29 is 19.4 Å². The number of benzene rings is 1. The SMILES string of the molecule is CCN(CCC(=O)O)C(=O)C1COc2cc(C)c(C)cc21. The molecule has 1 atom stereocenters. The highest BCUT2D eigenvalue weighted by Gasteiger charge is 2.33. The number of fused-ring (bicyclic) bond motifs is 1. The Labute approximate surface area is 124 Å². The van der Waals surface area contributed by atoms with E-state index in [2.05, 4.69) is 0 Å². The highest BCUT2D eigenvalue weighted by Crippen LogP contribution is 2.36. The van der Waals surface area contributed by atoms with Crippen molar-refractivity contribution in [2.45, 2.75) is 33.1 Å². The van der Waals surface area contributed by atoms with E-state index in [1.807, 2.05) is 32.9 Å². The van der Waals surface area contributed by atoms with Crippen LogP contribution in [-0.2, 0) is 9.59 Å². The largest absolute Gasteiger partial charge is 0.492 e. The van der Waals surface area contributed by atoms with Crippen molar-refractivity contribution in [2.75, 3.05) is 19.7 Å². The number of aryl methyl sites for hydroxylation is 2. The Balaban J connectivity index is 2.18. The molecule has 1 aromatic rings. The van der Waals surface area contributed by atoms with Gasteiger partial charge < -0.3 is 14.7 Å². The van der Waals surface area contributed by atoms with Crippen molar-refractivity contribution in [3.8, 4) is 5.75 Å². The minimum atomic E-state index is -0.893. The van der Waals surface area contributed by atoms with Crippen LogP contribution in [0.25, 0.3) is 0 Å². The van der Waals surface area contributed by atoms with Crippen LogP contribution in [0.3, 0.4) is 0 Å². The number of ether oxygens (including phenoxy) is 1. The summed E-state index contributed by atoms with van der Waals surface area (Å²) in [6.07, 6.45) is -0.0348. The van der Waals surface area contributed by atoms with E-state index < -0.39 is 5.97 Å². The molecule has 0 fully saturated rings. The molecular formula is C16H21NO4. The molecule has 5 heteroatoms. The van der Waals surface area contributed by atoms with Gasteiger partial charge in [-0.2, -0.15) is 0 Å². The van der Waals surface area contributed by atoms with Gasteiger partial charge in [0.25, 0.3) is 0 Å². The van der Waals surface area contributed by atoms with E-state index in [4.69, 9.17) is 9.84 Å². The third-order valence-electron chi connectivity index (χ3n) is 3.99. The molecule has 0 bridgehead atoms. The molecule has 21 heavy (non-hydrogen) atoms. The van der Waals surface area contributed by atoms with Gasteiger partial charge >= 0.3 is 5.97 Å². The molecule has 0 aromatic heterocycles. The van der Waals surface area contributed by atoms with E-state index in [9.17, 15) is 9.59 Å². The van der Waals surface area contributed by atoms with Gasteiger partial charge in [-0.3, -0.25) is 9.59 Å². The lowest BCUT2D eigenvalue weighted by atomic mass is 9.96. The molecule has 1 aromatic carbocycles. The minimum Gasteiger partial charge on any atom is -0.492 e. The minimum absolute atomic E-state index is 0.0348. The summed E-state index contributed by atoms with van der Waals surface area (Å²) in [6, 6.07) is 3.97. The lowest BCUT2D eigenvalue weighted by Crippen LogP contribution is -2.37. The van der Waals surface area contributed by atoms with Gasteiger partial charge in [-0.15, -0.1) is 0 Å². The fourth-order valence-electron chi connectivity index (χ4n) is 2.55. The first kappa shape index (κ1) is 15.4. The zero-order valence-corrected chi connectivity index (χ0v) is 12.7. The molecule has 1 unspecified atom stereocenters. The van der Waals surface area contributed by atoms with Gasteiger partial charge in [-0.25, -0.2) is 0 Å². The van der Waals surface area contributed by atoms with Crippen molar-refractivity contribution in [1.29, 1.82) is 0 Å². The van der Waals surface area contributed by atoms with Gasteiger partial charge in [0.2, 0.25) is 5.91 Å². The number of likely N-dealkylation sites (N-methyl/N-ethyl adjacent to an activating group) is 1. The van der Waals surface area contributed by atoms with Crippen molar-refractivity contribution >= 4 is 11.9 Å². The highest BCUT2D eigenvalue weighted by atomic mass is 16.5. The number of carbonyl (C=O) groups excluding carboxylic acids is 1. The molecule has 2 rings (SSSR count). The van der Waals surface area contributed by atoms with Crippen LogP contribution in [0.4, 0.5) is 0 Å². The Hall–Kier alpha value is -2.04. The normalized spacial score (nSPS) is 16.2. The zero-order chi connectivity index (χ0) is 15.6. The van der Waals surface area contributed by atoms with Crippen molar-refractivity contribution in [3.63, 3.8) is 0 Å². The number of carboxylic acids is 1. The summed E-state index contributed by atoms with van der Waals surface area (Å²) >= 11 is 0. The van der Waals surface area contributed by atoms with Crippen LogP contribution in [0, 0.1) is 13.8 Å². The number of carbonyl (C=O) groups is 2. The zero-order valence-electron chi connectivity index (χ0n) is 12.7. The smallest absolute Gasteiger partial charge is 0.305 e. The van der Waals surface area contributed by atoms with Crippen LogP contribution in [0.2, 0.25) is 0 Å². The Morgan fingerprint density at radius 3 is 2.62 bits per heavy atom. The van der Waals surface area contributed by atoms with E-state index in [1.54, 1.807) is 4.90 Å². The van der Waals surface area contributed by atoms with Crippen LogP contribution in [-0.4, -0.2) is 41.6 Å². The predicted octanol–water partition coefficient (Wildman–Crippen LogP) is 2.10. The lowest BCUT2D eigenvalue weighted by Gasteiger charge is -2.23. The molecule has 1 aliphatic rings. The van der Waals surface area contributed by atoms with Gasteiger partial charge in [0.15, 0.2) is 0 Å². The molecule has 0 spiro atoms. The van der Waals surface area contributed by atoms with Crippen LogP contribution >= 0.6 is 0 Å². The summed E-state index contributed by atoms with van der Waals surface area (Å²) in [5.41, 5.74) is 3.18. The third-order valence-corrected chi connectivity index (χ3v) is 3.99. The second-order valence-electron chi connectivity index (χ2n) is 5.40. The lowest BCUT2D eigenvalue weighted by molar-refractivity contribution is -0.138. The van der Waals surface area contributed by atoms with E-state index in [0.29, 0.717) is 13.2 Å². The first-order chi connectivity index (χ1) is 9.93. The summed E-state index contributed by atoms with van der Waals surface area (Å²) < 4.78 is 5.62. The van der Waals surface area contributed by atoms with E-state index in [-0.39, 0.29) is 24.8 Å². The maximum atomic E-state index is 12.6. The van der Waals surface area contributed by atoms with Gasteiger partial charge in [0.05, 0.1) is 6.42 Å². The molecule has 1 aliphatic heterocycles. The summed E-state index contributed by atoms with van der Waals surface area (Å²) in [4.78, 5) is 24.9. The fraction of sp³-hybridized carbons (Fsp3) is 0.500. The maximum Gasteiger partial charge on any atom is 0.305 e. The Bertz CT molecular complexity index is 568. The molecular weight excluding hydrogens is 270 g/mol. The van der Waals surface area contributed by atoms with Crippen LogP contribution in [0.1, 0.15) is 36.0 Å². The Morgan fingerprint density at radius 2 is 2.00 bits per heavy atom. The predicted molar refractivity (Wildman–Crippen MR) is 78.7 cm³/mol. The Morgan fingerprint density at radius 1 is 1.33 bits per heavy atom.